The molecule has 2 aromatic carbocycles. The number of benzene rings is 2. The van der Waals surface area contributed by atoms with Gasteiger partial charge in [-0.1, -0.05) is 18.2 Å². The van der Waals surface area contributed by atoms with Crippen molar-refractivity contribution < 1.29 is 23.5 Å². The first-order valence-electron chi connectivity index (χ1n) is 5.53. The third-order valence-corrected chi connectivity index (χ3v) is 2.57. The first-order valence-corrected chi connectivity index (χ1v) is 5.53. The molecule has 7 heteroatoms. The lowest BCUT2D eigenvalue weighted by Crippen LogP contribution is -2.00. The lowest BCUT2D eigenvalue weighted by Gasteiger charge is -2.11. The molecule has 0 saturated heterocycles. The Kier molecular flexibility index (Phi) is 3.90. The summed E-state index contributed by atoms with van der Waals surface area (Å²) in [7, 11) is 0. The van der Waals surface area contributed by atoms with Crippen molar-refractivity contribution in [2.24, 2.45) is 0 Å². The predicted molar refractivity (Wildman–Crippen MR) is 65.5 cm³/mol. The molecule has 0 fully saturated rings. The topological polar surface area (TPSA) is 72.6 Å². The van der Waals surface area contributed by atoms with Gasteiger partial charge in [0.15, 0.2) is 17.4 Å². The fraction of sp³-hybridized carbons (Fsp3) is 0.0769. The summed E-state index contributed by atoms with van der Waals surface area (Å²) in [6.07, 6.45) is 0. The smallest absolute Gasteiger partial charge is 0.314 e. The van der Waals surface area contributed by atoms with Gasteiger partial charge in [-0.15, -0.1) is 0 Å². The standard InChI is InChI=1S/C13H9F2NO4/c14-9-4-1-3-8(7-17)12(9)20-13-10(15)5-2-6-11(13)16(18)19/h1-6,17H,7H2. The normalized spacial score (nSPS) is 10.3. The molecule has 0 bridgehead atoms. The highest BCUT2D eigenvalue weighted by molar-refractivity contribution is 5.50. The quantitative estimate of drug-likeness (QED) is 0.690. The van der Waals surface area contributed by atoms with E-state index < -0.39 is 40.4 Å². The molecule has 0 aliphatic rings. The zero-order valence-corrected chi connectivity index (χ0v) is 10.0. The summed E-state index contributed by atoms with van der Waals surface area (Å²) in [6, 6.07) is 6.89. The van der Waals surface area contributed by atoms with Crippen LogP contribution in [0.3, 0.4) is 0 Å². The van der Waals surface area contributed by atoms with Crippen LogP contribution in [-0.2, 0) is 6.61 Å². The van der Waals surface area contributed by atoms with Crippen molar-refractivity contribution >= 4 is 5.69 Å². The fourth-order valence-corrected chi connectivity index (χ4v) is 1.64. The second kappa shape index (κ2) is 5.62. The van der Waals surface area contributed by atoms with Gasteiger partial charge in [-0.2, -0.15) is 0 Å². The third kappa shape index (κ3) is 2.57. The summed E-state index contributed by atoms with van der Waals surface area (Å²) in [5.41, 5.74) is -0.570. The maximum Gasteiger partial charge on any atom is 0.314 e. The summed E-state index contributed by atoms with van der Waals surface area (Å²) in [5, 5.41) is 19.9. The molecule has 0 spiro atoms. The summed E-state index contributed by atoms with van der Waals surface area (Å²) < 4.78 is 32.3. The van der Waals surface area contributed by atoms with Crippen LogP contribution in [-0.4, -0.2) is 10.0 Å². The SMILES string of the molecule is O=[N+]([O-])c1cccc(F)c1Oc1c(F)cccc1CO. The van der Waals surface area contributed by atoms with Gasteiger partial charge in [-0.25, -0.2) is 8.78 Å². The number of hydrogen-bond donors (Lipinski definition) is 1. The van der Waals surface area contributed by atoms with Gasteiger partial charge >= 0.3 is 5.69 Å². The first-order chi connectivity index (χ1) is 9.54. The lowest BCUT2D eigenvalue weighted by atomic mass is 10.2. The summed E-state index contributed by atoms with van der Waals surface area (Å²) in [6.45, 7) is -0.546. The molecule has 0 saturated carbocycles. The minimum Gasteiger partial charge on any atom is -0.444 e. The molecule has 0 aliphatic carbocycles. The highest BCUT2D eigenvalue weighted by atomic mass is 19.1. The van der Waals surface area contributed by atoms with Crippen LogP contribution in [0.25, 0.3) is 0 Å². The van der Waals surface area contributed by atoms with Gasteiger partial charge in [0.2, 0.25) is 5.75 Å². The monoisotopic (exact) mass is 281 g/mol. The molecule has 5 nitrogen and oxygen atoms in total. The van der Waals surface area contributed by atoms with Gasteiger partial charge < -0.3 is 9.84 Å². The van der Waals surface area contributed by atoms with Crippen molar-refractivity contribution in [1.29, 1.82) is 0 Å². The van der Waals surface area contributed by atoms with Crippen LogP contribution in [0.4, 0.5) is 14.5 Å². The van der Waals surface area contributed by atoms with E-state index in [0.717, 1.165) is 24.3 Å². The summed E-state index contributed by atoms with van der Waals surface area (Å²) in [4.78, 5) is 9.98. The van der Waals surface area contributed by atoms with E-state index in [1.54, 1.807) is 0 Å². The largest absolute Gasteiger partial charge is 0.444 e. The molecule has 0 radical (unpaired) electrons. The fourth-order valence-electron chi connectivity index (χ4n) is 1.64. The van der Waals surface area contributed by atoms with Crippen molar-refractivity contribution in [2.75, 3.05) is 0 Å². The van der Waals surface area contributed by atoms with Gasteiger partial charge in [-0.3, -0.25) is 10.1 Å². The van der Waals surface area contributed by atoms with Crippen LogP contribution >= 0.6 is 0 Å². The van der Waals surface area contributed by atoms with Gasteiger partial charge in [-0.05, 0) is 12.1 Å². The van der Waals surface area contributed by atoms with Crippen molar-refractivity contribution in [3.05, 3.63) is 63.7 Å². The number of nitro groups is 1. The zero-order chi connectivity index (χ0) is 14.7. The van der Waals surface area contributed by atoms with Crippen molar-refractivity contribution in [3.63, 3.8) is 0 Å². The van der Waals surface area contributed by atoms with Gasteiger partial charge in [0, 0.05) is 11.6 Å². The second-order valence-electron chi connectivity index (χ2n) is 3.83. The number of hydrogen-bond acceptors (Lipinski definition) is 4. The van der Waals surface area contributed by atoms with Crippen LogP contribution in [0.2, 0.25) is 0 Å². The van der Waals surface area contributed by atoms with Crippen LogP contribution in [0.5, 0.6) is 11.5 Å². The van der Waals surface area contributed by atoms with Gasteiger partial charge in [0.25, 0.3) is 0 Å². The Bertz CT molecular complexity index is 661. The first kappa shape index (κ1) is 13.9. The number of aliphatic hydroxyl groups excluding tert-OH is 1. The molecule has 0 heterocycles. The zero-order valence-electron chi connectivity index (χ0n) is 10.0. The Morgan fingerprint density at radius 1 is 1.10 bits per heavy atom. The predicted octanol–water partition coefficient (Wildman–Crippen LogP) is 3.16. The van der Waals surface area contributed by atoms with E-state index in [2.05, 4.69) is 0 Å². The van der Waals surface area contributed by atoms with E-state index in [4.69, 9.17) is 9.84 Å². The molecule has 0 amide bonds. The number of para-hydroxylation sites is 2. The minimum atomic E-state index is -0.994. The minimum absolute atomic E-state index is 0.0579. The number of nitrogens with zero attached hydrogens (tertiary/aromatic N) is 1. The average molecular weight is 281 g/mol. The number of ether oxygens (including phenoxy) is 1. The van der Waals surface area contributed by atoms with Crippen molar-refractivity contribution in [1.82, 2.24) is 0 Å². The highest BCUT2D eigenvalue weighted by Gasteiger charge is 2.22. The van der Waals surface area contributed by atoms with Crippen LogP contribution in [0, 0.1) is 21.7 Å². The highest BCUT2D eigenvalue weighted by Crippen LogP contribution is 2.36. The molecule has 2 aromatic rings. The van der Waals surface area contributed by atoms with Crippen LogP contribution in [0.15, 0.2) is 36.4 Å². The van der Waals surface area contributed by atoms with E-state index >= 15 is 0 Å². The van der Waals surface area contributed by atoms with E-state index in [1.807, 2.05) is 0 Å². The summed E-state index contributed by atoms with van der Waals surface area (Å²) >= 11 is 0. The summed E-state index contributed by atoms with van der Waals surface area (Å²) in [5.74, 6) is -2.99. The van der Waals surface area contributed by atoms with E-state index in [-0.39, 0.29) is 5.56 Å². The lowest BCUT2D eigenvalue weighted by molar-refractivity contribution is -0.385. The Hall–Kier alpha value is -2.54. The van der Waals surface area contributed by atoms with Crippen molar-refractivity contribution in [3.8, 4) is 11.5 Å². The number of aliphatic hydroxyl groups is 1. The average Bonchev–Trinajstić information content (AvgIpc) is 2.42. The van der Waals surface area contributed by atoms with E-state index in [1.165, 1.54) is 12.1 Å². The molecule has 0 aliphatic heterocycles. The van der Waals surface area contributed by atoms with Crippen LogP contribution in [0.1, 0.15) is 5.56 Å². The van der Waals surface area contributed by atoms with Crippen LogP contribution < -0.4 is 4.74 Å². The number of nitro benzene ring substituents is 1. The number of rotatable bonds is 4. The maximum absolute atomic E-state index is 13.7. The van der Waals surface area contributed by atoms with Gasteiger partial charge in [0.05, 0.1) is 11.5 Å². The maximum atomic E-state index is 13.7. The Morgan fingerprint density at radius 2 is 1.70 bits per heavy atom. The molecule has 1 N–H and O–H groups in total. The molecular weight excluding hydrogens is 272 g/mol. The third-order valence-electron chi connectivity index (χ3n) is 2.57. The molecular formula is C13H9F2NO4. The van der Waals surface area contributed by atoms with E-state index in [0.29, 0.717) is 0 Å². The Balaban J connectivity index is 2.53. The molecule has 20 heavy (non-hydrogen) atoms. The van der Waals surface area contributed by atoms with Gasteiger partial charge in [0.1, 0.15) is 0 Å². The molecule has 2 rings (SSSR count). The Labute approximate surface area is 112 Å². The number of halogens is 2. The van der Waals surface area contributed by atoms with Crippen molar-refractivity contribution in [2.45, 2.75) is 6.61 Å². The second-order valence-corrected chi connectivity index (χ2v) is 3.83. The Morgan fingerprint density at radius 3 is 2.30 bits per heavy atom. The molecule has 104 valence electrons. The molecule has 0 aromatic heterocycles. The molecule has 0 atom stereocenters. The molecule has 0 unspecified atom stereocenters. The van der Waals surface area contributed by atoms with E-state index in [9.17, 15) is 18.9 Å².